The molecule has 0 unspecified atom stereocenters. The normalized spacial score (nSPS) is 1.80. The summed E-state index contributed by atoms with van der Waals surface area (Å²) in [6.07, 6.45) is 0. The minimum absolute atomic E-state index is 0. The quantitative estimate of drug-likeness (QED) is 0.495. The van der Waals surface area contributed by atoms with Gasteiger partial charge in [-0.15, -0.1) is 12.4 Å². The molecule has 0 fully saturated rings. The van der Waals surface area contributed by atoms with Crippen LogP contribution in [0.3, 0.4) is 0 Å². The third-order valence-electron chi connectivity index (χ3n) is 0. The minimum atomic E-state index is -1.03. The first-order chi connectivity index (χ1) is 1.41. The van der Waals surface area contributed by atoms with Crippen molar-refractivity contribution in [1.82, 2.24) is 6.15 Å². The van der Waals surface area contributed by atoms with Crippen LogP contribution in [0.25, 0.3) is 0 Å². The van der Waals surface area contributed by atoms with E-state index in [0.717, 1.165) is 0 Å². The fourth-order valence-electron chi connectivity index (χ4n) is 0. The maximum absolute atomic E-state index is 8.78. The molecule has 0 aromatic carbocycles. The topological polar surface area (TPSA) is 52.1 Å². The predicted molar refractivity (Wildman–Crippen MR) is 24.6 cm³/mol. The van der Waals surface area contributed by atoms with E-state index in [1.165, 1.54) is 0 Å². The molecule has 0 aromatic heterocycles. The SMILES string of the molecule is Cl.N.[O]=[Al][Cl]. The van der Waals surface area contributed by atoms with E-state index in [0.29, 0.717) is 0 Å². The van der Waals surface area contributed by atoms with Gasteiger partial charge in [0.15, 0.2) is 0 Å². The molecule has 5 heteroatoms. The zero-order valence-corrected chi connectivity index (χ0v) is 5.21. The molecule has 0 radical (unpaired) electrons. The molecule has 0 aliphatic heterocycles. The van der Waals surface area contributed by atoms with Gasteiger partial charge in [0, 0.05) is 0 Å². The first kappa shape index (κ1) is 16.9. The van der Waals surface area contributed by atoms with E-state index in [1.54, 1.807) is 0 Å². The molecule has 0 rings (SSSR count). The first-order valence-corrected chi connectivity index (χ1v) is 2.67. The fraction of sp³-hybridized carbons (Fsp3) is 0. The summed E-state index contributed by atoms with van der Waals surface area (Å²) < 4.78 is 8.78. The molecule has 0 heterocycles. The molecule has 32 valence electrons. The van der Waals surface area contributed by atoms with Crippen molar-refractivity contribution in [2.24, 2.45) is 0 Å². The Morgan fingerprint density at radius 3 is 1.60 bits per heavy atom. The van der Waals surface area contributed by atoms with Crippen molar-refractivity contribution in [3.63, 3.8) is 0 Å². The van der Waals surface area contributed by atoms with E-state index in [4.69, 9.17) is 3.80 Å². The molecule has 0 aromatic rings. The second-order valence-corrected chi connectivity index (χ2v) is 0.802. The third kappa shape index (κ3) is 52.8. The van der Waals surface area contributed by atoms with Crippen molar-refractivity contribution < 1.29 is 3.80 Å². The van der Waals surface area contributed by atoms with Gasteiger partial charge >= 0.3 is 28.1 Å². The van der Waals surface area contributed by atoms with Crippen LogP contribution in [0.2, 0.25) is 0 Å². The van der Waals surface area contributed by atoms with Crippen LogP contribution in [-0.4, -0.2) is 14.2 Å². The Morgan fingerprint density at radius 1 is 1.60 bits per heavy atom. The maximum atomic E-state index is 8.78. The molecular formula is H4AlCl2NO. The predicted octanol–water partition coefficient (Wildman–Crippen LogP) is 0.774. The fourth-order valence-corrected chi connectivity index (χ4v) is 0. The Morgan fingerprint density at radius 2 is 1.60 bits per heavy atom. The second-order valence-electron chi connectivity index (χ2n) is 0.0891. The molecule has 0 bridgehead atoms. The number of hydrogen-bond acceptors (Lipinski definition) is 2. The van der Waals surface area contributed by atoms with Gasteiger partial charge in [0.1, 0.15) is 0 Å². The molecule has 0 amide bonds. The van der Waals surface area contributed by atoms with Crippen molar-refractivity contribution in [3.05, 3.63) is 0 Å². The van der Waals surface area contributed by atoms with E-state index in [9.17, 15) is 0 Å². The molecule has 0 aliphatic rings. The van der Waals surface area contributed by atoms with Gasteiger partial charge in [0.2, 0.25) is 0 Å². The first-order valence-electron chi connectivity index (χ1n) is 0.454. The van der Waals surface area contributed by atoms with Gasteiger partial charge in [-0.25, -0.2) is 0 Å². The van der Waals surface area contributed by atoms with Crippen molar-refractivity contribution in [3.8, 4) is 0 Å². The Labute approximate surface area is 47.0 Å². The van der Waals surface area contributed by atoms with Gasteiger partial charge in [-0.2, -0.15) is 0 Å². The summed E-state index contributed by atoms with van der Waals surface area (Å²) in [5, 5.41) is 0. The van der Waals surface area contributed by atoms with E-state index in [2.05, 4.69) is 10.0 Å². The molecule has 0 atom stereocenters. The van der Waals surface area contributed by atoms with Crippen LogP contribution in [0.4, 0.5) is 0 Å². The Kier molecular flexibility index (Phi) is 70.4. The summed E-state index contributed by atoms with van der Waals surface area (Å²) in [5.41, 5.74) is 0. The van der Waals surface area contributed by atoms with Gasteiger partial charge in [-0.3, -0.25) is 0 Å². The monoisotopic (exact) mass is 131 g/mol. The van der Waals surface area contributed by atoms with Crippen LogP contribution in [0.1, 0.15) is 0 Å². The summed E-state index contributed by atoms with van der Waals surface area (Å²) in [7, 11) is 4.53. The summed E-state index contributed by atoms with van der Waals surface area (Å²) in [6.45, 7) is 0. The molecule has 0 saturated heterocycles. The van der Waals surface area contributed by atoms with E-state index < -0.39 is 14.2 Å². The van der Waals surface area contributed by atoms with Gasteiger partial charge < -0.3 is 6.15 Å². The Hall–Kier alpha value is 0.872. The van der Waals surface area contributed by atoms with Gasteiger partial charge in [-0.05, 0) is 0 Å². The van der Waals surface area contributed by atoms with Crippen LogP contribution in [0, 0.1) is 0 Å². The molecule has 0 aliphatic carbocycles. The van der Waals surface area contributed by atoms with Crippen LogP contribution < -0.4 is 6.15 Å². The van der Waals surface area contributed by atoms with Gasteiger partial charge in [-0.1, -0.05) is 0 Å². The second kappa shape index (κ2) is 20.8. The third-order valence-corrected chi connectivity index (χ3v) is 0. The van der Waals surface area contributed by atoms with Crippen LogP contribution in [0.5, 0.6) is 0 Å². The summed E-state index contributed by atoms with van der Waals surface area (Å²) >= 11 is -1.03. The van der Waals surface area contributed by atoms with Crippen LogP contribution in [0.15, 0.2) is 0 Å². The van der Waals surface area contributed by atoms with Crippen molar-refractivity contribution in [2.75, 3.05) is 0 Å². The molecule has 3 N–H and O–H groups in total. The average Bonchev–Trinajstić information content (AvgIpc) is 0.918. The molecule has 0 saturated carbocycles. The van der Waals surface area contributed by atoms with Crippen molar-refractivity contribution in [1.29, 1.82) is 0 Å². The molecule has 5 heavy (non-hydrogen) atoms. The summed E-state index contributed by atoms with van der Waals surface area (Å²) in [4.78, 5) is 0. The Bertz CT molecular complexity index is 17.1. The number of hydrogen-bond donors (Lipinski definition) is 1. The van der Waals surface area contributed by atoms with E-state index in [1.807, 2.05) is 0 Å². The zero-order chi connectivity index (χ0) is 2.71. The van der Waals surface area contributed by atoms with Crippen LogP contribution in [-0.2, 0) is 3.80 Å². The number of halogens is 2. The van der Waals surface area contributed by atoms with E-state index >= 15 is 0 Å². The summed E-state index contributed by atoms with van der Waals surface area (Å²) in [6, 6.07) is 0. The average molecular weight is 132 g/mol. The van der Waals surface area contributed by atoms with Crippen molar-refractivity contribution in [2.45, 2.75) is 0 Å². The van der Waals surface area contributed by atoms with Gasteiger partial charge in [0.25, 0.3) is 0 Å². The van der Waals surface area contributed by atoms with Crippen molar-refractivity contribution >= 4 is 36.7 Å². The summed E-state index contributed by atoms with van der Waals surface area (Å²) in [5.74, 6) is 0. The molecule has 0 spiro atoms. The molecular weight excluding hydrogens is 128 g/mol. The zero-order valence-electron chi connectivity index (χ0n) is 2.48. The van der Waals surface area contributed by atoms with Gasteiger partial charge in [0.05, 0.1) is 0 Å². The molecule has 2 nitrogen and oxygen atoms in total. The van der Waals surface area contributed by atoms with E-state index in [-0.39, 0.29) is 18.6 Å². The standard InChI is InChI=1S/Al.2ClH.H3N.O/h;2*1H;1H3;/q+1;;;;/p-1. The Balaban J connectivity index is -0.0000000200. The number of rotatable bonds is 0. The van der Waals surface area contributed by atoms with Crippen LogP contribution >= 0.6 is 22.5 Å².